The maximum absolute atomic E-state index is 13.1. The number of halogens is 2. The Hall–Kier alpha value is -3.29. The normalized spacial score (nSPS) is 17.4. The van der Waals surface area contributed by atoms with Gasteiger partial charge in [0.25, 0.3) is 5.91 Å². The number of nitrogens with zero attached hydrogens (tertiary/aromatic N) is 2. The molecule has 1 aliphatic heterocycles. The molecule has 3 aromatic rings. The van der Waals surface area contributed by atoms with Crippen molar-refractivity contribution in [2.75, 3.05) is 29.9 Å². The van der Waals surface area contributed by atoms with Crippen molar-refractivity contribution in [3.05, 3.63) is 87.7 Å². The SMILES string of the molecule is O=C(NCC1CCCc2ccc(C(=O)NC3CCN(c4ccncc4)CC3)cc21)Nc1cc(Cl)cc(Cl)c1. The molecule has 7 nitrogen and oxygen atoms in total. The van der Waals surface area contributed by atoms with Gasteiger partial charge in [0.1, 0.15) is 0 Å². The number of anilines is 2. The van der Waals surface area contributed by atoms with Crippen LogP contribution in [-0.4, -0.2) is 42.6 Å². The summed E-state index contributed by atoms with van der Waals surface area (Å²) >= 11 is 12.1. The number of carbonyl (C=O) groups excluding carboxylic acids is 2. The fourth-order valence-corrected chi connectivity index (χ4v) is 5.90. The molecule has 1 atom stereocenters. The number of rotatable bonds is 6. The number of amides is 3. The molecule has 1 unspecified atom stereocenters. The monoisotopic (exact) mass is 551 g/mol. The van der Waals surface area contributed by atoms with E-state index >= 15 is 0 Å². The number of nitrogens with one attached hydrogen (secondary N) is 3. The zero-order valence-corrected chi connectivity index (χ0v) is 22.6. The molecule has 0 radical (unpaired) electrons. The second kappa shape index (κ2) is 12.0. The molecule has 1 aliphatic carbocycles. The number of hydrogen-bond donors (Lipinski definition) is 3. The van der Waals surface area contributed by atoms with Crippen LogP contribution in [0.15, 0.2) is 60.9 Å². The lowest BCUT2D eigenvalue weighted by atomic mass is 9.82. The van der Waals surface area contributed by atoms with Crippen molar-refractivity contribution >= 4 is 46.5 Å². The Kier molecular flexibility index (Phi) is 8.35. The second-order valence-corrected chi connectivity index (χ2v) is 10.8. The highest BCUT2D eigenvalue weighted by Crippen LogP contribution is 2.32. The van der Waals surface area contributed by atoms with Gasteiger partial charge in [0, 0.05) is 71.0 Å². The molecule has 0 spiro atoms. The van der Waals surface area contributed by atoms with Crippen LogP contribution in [0.4, 0.5) is 16.2 Å². The molecule has 1 fully saturated rings. The third-order valence-electron chi connectivity index (χ3n) is 7.33. The lowest BCUT2D eigenvalue weighted by Crippen LogP contribution is -2.44. The predicted molar refractivity (Wildman–Crippen MR) is 153 cm³/mol. The first-order chi connectivity index (χ1) is 18.4. The summed E-state index contributed by atoms with van der Waals surface area (Å²) < 4.78 is 0. The van der Waals surface area contributed by atoms with Crippen LogP contribution in [-0.2, 0) is 6.42 Å². The van der Waals surface area contributed by atoms with Gasteiger partial charge in [0.2, 0.25) is 0 Å². The second-order valence-electron chi connectivity index (χ2n) is 9.94. The number of aryl methyl sites for hydroxylation is 1. The number of benzene rings is 2. The summed E-state index contributed by atoms with van der Waals surface area (Å²) in [5.74, 6) is 0.104. The van der Waals surface area contributed by atoms with E-state index in [1.54, 1.807) is 18.2 Å². The van der Waals surface area contributed by atoms with Crippen molar-refractivity contribution in [1.29, 1.82) is 0 Å². The first-order valence-electron chi connectivity index (χ1n) is 13.0. The zero-order chi connectivity index (χ0) is 26.5. The van der Waals surface area contributed by atoms with Crippen molar-refractivity contribution in [1.82, 2.24) is 15.6 Å². The number of fused-ring (bicyclic) bond motifs is 1. The molecule has 3 amide bonds. The van der Waals surface area contributed by atoms with E-state index in [-0.39, 0.29) is 23.9 Å². The summed E-state index contributed by atoms with van der Waals surface area (Å²) in [6.07, 6.45) is 8.40. The van der Waals surface area contributed by atoms with Crippen molar-refractivity contribution in [3.63, 3.8) is 0 Å². The van der Waals surface area contributed by atoms with E-state index in [9.17, 15) is 9.59 Å². The van der Waals surface area contributed by atoms with Gasteiger partial charge < -0.3 is 20.9 Å². The number of aromatic nitrogens is 1. The van der Waals surface area contributed by atoms with E-state index in [1.807, 2.05) is 36.7 Å². The van der Waals surface area contributed by atoms with E-state index < -0.39 is 0 Å². The number of piperidine rings is 1. The highest BCUT2D eigenvalue weighted by atomic mass is 35.5. The molecule has 3 N–H and O–H groups in total. The van der Waals surface area contributed by atoms with E-state index in [0.29, 0.717) is 27.8 Å². The summed E-state index contributed by atoms with van der Waals surface area (Å²) in [7, 11) is 0. The lowest BCUT2D eigenvalue weighted by Gasteiger charge is -2.34. The molecule has 198 valence electrons. The van der Waals surface area contributed by atoms with Crippen molar-refractivity contribution < 1.29 is 9.59 Å². The fourth-order valence-electron chi connectivity index (χ4n) is 5.37. The van der Waals surface area contributed by atoms with Crippen LogP contribution in [0.3, 0.4) is 0 Å². The average Bonchev–Trinajstić information content (AvgIpc) is 2.92. The van der Waals surface area contributed by atoms with Crippen molar-refractivity contribution in [2.24, 2.45) is 0 Å². The largest absolute Gasteiger partial charge is 0.371 e. The molecule has 0 bridgehead atoms. The molecule has 1 saturated heterocycles. The Morgan fingerprint density at radius 2 is 1.68 bits per heavy atom. The van der Waals surface area contributed by atoms with E-state index in [2.05, 4.69) is 31.9 Å². The molecule has 2 aliphatic rings. The topological polar surface area (TPSA) is 86.4 Å². The van der Waals surface area contributed by atoms with Gasteiger partial charge in [-0.2, -0.15) is 0 Å². The average molecular weight is 553 g/mol. The highest BCUT2D eigenvalue weighted by molar-refractivity contribution is 6.35. The zero-order valence-electron chi connectivity index (χ0n) is 21.1. The van der Waals surface area contributed by atoms with Crippen LogP contribution in [0, 0.1) is 0 Å². The third kappa shape index (κ3) is 6.58. The minimum atomic E-state index is -0.317. The van der Waals surface area contributed by atoms with E-state index in [4.69, 9.17) is 23.2 Å². The smallest absolute Gasteiger partial charge is 0.319 e. The van der Waals surface area contributed by atoms with Crippen LogP contribution < -0.4 is 20.9 Å². The van der Waals surface area contributed by atoms with Crippen LogP contribution in [0.5, 0.6) is 0 Å². The van der Waals surface area contributed by atoms with Crippen molar-refractivity contribution in [2.45, 2.75) is 44.1 Å². The number of urea groups is 1. The fraction of sp³-hybridized carbons (Fsp3) is 0.345. The van der Waals surface area contributed by atoms with Gasteiger partial charge in [-0.25, -0.2) is 4.79 Å². The summed E-state index contributed by atoms with van der Waals surface area (Å²) in [5, 5.41) is 9.90. The first-order valence-corrected chi connectivity index (χ1v) is 13.8. The molecule has 0 saturated carbocycles. The quantitative estimate of drug-likeness (QED) is 0.349. The Morgan fingerprint density at radius 3 is 2.42 bits per heavy atom. The highest BCUT2D eigenvalue weighted by Gasteiger charge is 2.25. The molecular formula is C29H31Cl2N5O2. The molecule has 2 heterocycles. The Morgan fingerprint density at radius 1 is 0.947 bits per heavy atom. The predicted octanol–water partition coefficient (Wildman–Crippen LogP) is 6.03. The van der Waals surface area contributed by atoms with Crippen LogP contribution in [0.1, 0.15) is 53.1 Å². The molecular weight excluding hydrogens is 521 g/mol. The Labute approximate surface area is 232 Å². The van der Waals surface area contributed by atoms with Gasteiger partial charge in [-0.05, 0) is 85.7 Å². The maximum Gasteiger partial charge on any atom is 0.319 e. The van der Waals surface area contributed by atoms with Gasteiger partial charge >= 0.3 is 6.03 Å². The summed E-state index contributed by atoms with van der Waals surface area (Å²) in [6, 6.07) is 14.8. The molecule has 38 heavy (non-hydrogen) atoms. The van der Waals surface area contributed by atoms with Gasteiger partial charge in [0.05, 0.1) is 0 Å². The lowest BCUT2D eigenvalue weighted by molar-refractivity contribution is 0.0931. The summed E-state index contributed by atoms with van der Waals surface area (Å²) in [5.41, 5.74) is 4.76. The Balaban J connectivity index is 1.17. The van der Waals surface area contributed by atoms with Crippen molar-refractivity contribution in [3.8, 4) is 0 Å². The summed E-state index contributed by atoms with van der Waals surface area (Å²) in [6.45, 7) is 2.28. The molecule has 9 heteroatoms. The molecule has 5 rings (SSSR count). The van der Waals surface area contributed by atoms with E-state index in [0.717, 1.165) is 50.8 Å². The third-order valence-corrected chi connectivity index (χ3v) is 7.77. The van der Waals surface area contributed by atoms with Gasteiger partial charge in [0.15, 0.2) is 0 Å². The molecule has 2 aromatic carbocycles. The van der Waals surface area contributed by atoms with Gasteiger partial charge in [-0.3, -0.25) is 9.78 Å². The first kappa shape index (κ1) is 26.3. The standard InChI is InChI=1S/C29H31Cl2N5O2/c30-22-15-23(31)17-25(16-22)35-29(38)33-18-21-3-1-2-19-4-5-20(14-27(19)21)28(37)34-24-8-12-36(13-9-24)26-6-10-32-11-7-26/h4-7,10-11,14-17,21,24H,1-3,8-9,12-13,18H2,(H,34,37)(H2,33,35,38). The maximum atomic E-state index is 13.1. The summed E-state index contributed by atoms with van der Waals surface area (Å²) in [4.78, 5) is 32.1. The number of hydrogen-bond acceptors (Lipinski definition) is 4. The molecule has 1 aromatic heterocycles. The minimum Gasteiger partial charge on any atom is -0.371 e. The van der Waals surface area contributed by atoms with Crippen LogP contribution >= 0.6 is 23.2 Å². The minimum absolute atomic E-state index is 0.0389. The Bertz CT molecular complexity index is 1280. The van der Waals surface area contributed by atoms with Gasteiger partial charge in [-0.15, -0.1) is 0 Å². The van der Waals surface area contributed by atoms with E-state index in [1.165, 1.54) is 11.3 Å². The van der Waals surface area contributed by atoms with Crippen LogP contribution in [0.25, 0.3) is 0 Å². The number of carbonyl (C=O) groups is 2. The van der Waals surface area contributed by atoms with Gasteiger partial charge in [-0.1, -0.05) is 29.3 Å². The van der Waals surface area contributed by atoms with Crippen LogP contribution in [0.2, 0.25) is 10.0 Å². The number of pyridine rings is 1.